The largest absolute Gasteiger partial charge is 0.398 e. The molecule has 1 aliphatic rings. The molecule has 2 nitrogen and oxygen atoms in total. The van der Waals surface area contributed by atoms with Gasteiger partial charge in [-0.25, -0.2) is 0 Å². The number of rotatable bonds is 3. The summed E-state index contributed by atoms with van der Waals surface area (Å²) in [5.41, 5.74) is 7.36. The van der Waals surface area contributed by atoms with Gasteiger partial charge in [-0.15, -0.1) is 11.3 Å². The van der Waals surface area contributed by atoms with E-state index in [2.05, 4.69) is 24.5 Å². The summed E-state index contributed by atoms with van der Waals surface area (Å²) < 4.78 is 0. The van der Waals surface area contributed by atoms with Crippen molar-refractivity contribution in [3.63, 3.8) is 0 Å². The van der Waals surface area contributed by atoms with Gasteiger partial charge in [0, 0.05) is 23.2 Å². The van der Waals surface area contributed by atoms with Gasteiger partial charge in [-0.2, -0.15) is 0 Å². The maximum atomic E-state index is 5.87. The number of hydrogen-bond donors (Lipinski definition) is 2. The average molecular weight is 238 g/mol. The monoisotopic (exact) mass is 238 g/mol. The van der Waals surface area contributed by atoms with Crippen molar-refractivity contribution in [1.29, 1.82) is 0 Å². The van der Waals surface area contributed by atoms with Crippen LogP contribution in [0.5, 0.6) is 0 Å². The fourth-order valence-corrected chi connectivity index (χ4v) is 3.08. The summed E-state index contributed by atoms with van der Waals surface area (Å²) in [7, 11) is 0. The highest BCUT2D eigenvalue weighted by Crippen LogP contribution is 2.35. The van der Waals surface area contributed by atoms with Crippen LogP contribution < -0.4 is 11.1 Å². The maximum Gasteiger partial charge on any atom is 0.0468 e. The van der Waals surface area contributed by atoms with E-state index in [9.17, 15) is 0 Å². The number of thiophene rings is 1. The summed E-state index contributed by atoms with van der Waals surface area (Å²) in [6.07, 6.45) is 5.28. The van der Waals surface area contributed by atoms with E-state index in [0.29, 0.717) is 11.5 Å². The highest BCUT2D eigenvalue weighted by Gasteiger charge is 2.26. The lowest BCUT2D eigenvalue weighted by Gasteiger charge is -2.34. The molecular weight excluding hydrogens is 216 g/mol. The summed E-state index contributed by atoms with van der Waals surface area (Å²) in [6.45, 7) is 5.69. The molecule has 2 rings (SSSR count). The Kier molecular flexibility index (Phi) is 3.55. The zero-order valence-corrected chi connectivity index (χ0v) is 11.1. The first-order chi connectivity index (χ1) is 7.57. The van der Waals surface area contributed by atoms with Gasteiger partial charge in [-0.1, -0.05) is 13.8 Å². The number of hydrogen-bond acceptors (Lipinski definition) is 3. The molecule has 0 aliphatic heterocycles. The molecule has 0 radical (unpaired) electrons. The molecule has 0 bridgehead atoms. The van der Waals surface area contributed by atoms with E-state index in [-0.39, 0.29) is 0 Å². The van der Waals surface area contributed by atoms with Crippen molar-refractivity contribution in [2.45, 2.75) is 52.1 Å². The van der Waals surface area contributed by atoms with E-state index in [1.807, 2.05) is 6.07 Å². The summed E-state index contributed by atoms with van der Waals surface area (Å²) in [5.74, 6) is 0. The predicted octanol–water partition coefficient (Wildman–Crippen LogP) is 3.39. The van der Waals surface area contributed by atoms with Crippen molar-refractivity contribution in [1.82, 2.24) is 5.32 Å². The van der Waals surface area contributed by atoms with Crippen molar-refractivity contribution in [2.75, 3.05) is 5.73 Å². The van der Waals surface area contributed by atoms with Crippen LogP contribution >= 0.6 is 11.3 Å². The van der Waals surface area contributed by atoms with Crippen LogP contribution in [0.3, 0.4) is 0 Å². The van der Waals surface area contributed by atoms with Crippen LogP contribution in [0, 0.1) is 5.41 Å². The Morgan fingerprint density at radius 3 is 2.69 bits per heavy atom. The topological polar surface area (TPSA) is 38.0 Å². The Morgan fingerprint density at radius 1 is 1.44 bits per heavy atom. The lowest BCUT2D eigenvalue weighted by molar-refractivity contribution is 0.206. The highest BCUT2D eigenvalue weighted by molar-refractivity contribution is 7.10. The number of anilines is 1. The van der Waals surface area contributed by atoms with Crippen LogP contribution in [-0.2, 0) is 6.54 Å². The van der Waals surface area contributed by atoms with Crippen molar-refractivity contribution in [2.24, 2.45) is 5.41 Å². The van der Waals surface area contributed by atoms with E-state index < -0.39 is 0 Å². The molecule has 90 valence electrons. The molecule has 0 saturated heterocycles. The van der Waals surface area contributed by atoms with E-state index in [0.717, 1.165) is 12.2 Å². The molecule has 16 heavy (non-hydrogen) atoms. The Morgan fingerprint density at radius 2 is 2.12 bits per heavy atom. The zero-order valence-electron chi connectivity index (χ0n) is 10.3. The van der Waals surface area contributed by atoms with E-state index in [4.69, 9.17) is 5.73 Å². The molecule has 1 fully saturated rings. The Bertz CT molecular complexity index is 333. The first-order valence-electron chi connectivity index (χ1n) is 6.12. The zero-order chi connectivity index (χ0) is 11.6. The van der Waals surface area contributed by atoms with E-state index >= 15 is 0 Å². The summed E-state index contributed by atoms with van der Waals surface area (Å²) in [4.78, 5) is 1.28. The Labute approximate surface area is 102 Å². The minimum absolute atomic E-state index is 0.556. The third-order valence-corrected chi connectivity index (χ3v) is 4.61. The first-order valence-corrected chi connectivity index (χ1v) is 7.00. The van der Waals surface area contributed by atoms with Crippen LogP contribution in [-0.4, -0.2) is 6.04 Å². The molecule has 1 heterocycles. The van der Waals surface area contributed by atoms with Gasteiger partial charge in [0.25, 0.3) is 0 Å². The van der Waals surface area contributed by atoms with Gasteiger partial charge in [0.05, 0.1) is 0 Å². The van der Waals surface area contributed by atoms with Crippen molar-refractivity contribution >= 4 is 17.0 Å². The van der Waals surface area contributed by atoms with E-state index in [1.165, 1.54) is 30.6 Å². The molecule has 3 N–H and O–H groups in total. The quantitative estimate of drug-likeness (QED) is 0.847. The van der Waals surface area contributed by atoms with Gasteiger partial charge < -0.3 is 11.1 Å². The van der Waals surface area contributed by atoms with Gasteiger partial charge in [0.2, 0.25) is 0 Å². The number of nitrogen functional groups attached to an aromatic ring is 1. The smallest absolute Gasteiger partial charge is 0.0468 e. The first kappa shape index (κ1) is 11.9. The molecule has 1 aromatic rings. The molecule has 1 saturated carbocycles. The molecule has 0 atom stereocenters. The van der Waals surface area contributed by atoms with Crippen LogP contribution in [0.4, 0.5) is 5.69 Å². The molecule has 0 aromatic carbocycles. The number of nitrogens with two attached hydrogens (primary N) is 1. The van der Waals surface area contributed by atoms with Gasteiger partial charge in [0.1, 0.15) is 0 Å². The normalized spacial score (nSPS) is 21.1. The van der Waals surface area contributed by atoms with Gasteiger partial charge in [-0.05, 0) is 42.5 Å². The van der Waals surface area contributed by atoms with Gasteiger partial charge in [-0.3, -0.25) is 0 Å². The third kappa shape index (κ3) is 2.98. The lowest BCUT2D eigenvalue weighted by Crippen LogP contribution is -2.35. The SMILES string of the molecule is CC1(C)CCC(NCc2sccc2N)CC1. The molecule has 1 aromatic heterocycles. The van der Waals surface area contributed by atoms with Crippen LogP contribution in [0.2, 0.25) is 0 Å². The third-order valence-electron chi connectivity index (χ3n) is 3.67. The Hall–Kier alpha value is -0.540. The fourth-order valence-electron chi connectivity index (χ4n) is 2.33. The highest BCUT2D eigenvalue weighted by atomic mass is 32.1. The average Bonchev–Trinajstić information content (AvgIpc) is 2.63. The molecule has 3 heteroatoms. The van der Waals surface area contributed by atoms with Crippen LogP contribution in [0.1, 0.15) is 44.4 Å². The van der Waals surface area contributed by atoms with E-state index in [1.54, 1.807) is 11.3 Å². The minimum atomic E-state index is 0.556. The predicted molar refractivity (Wildman–Crippen MR) is 71.6 cm³/mol. The number of nitrogens with one attached hydrogen (secondary N) is 1. The summed E-state index contributed by atoms with van der Waals surface area (Å²) in [6, 6.07) is 2.68. The lowest BCUT2D eigenvalue weighted by atomic mass is 9.75. The van der Waals surface area contributed by atoms with Crippen LogP contribution in [0.25, 0.3) is 0 Å². The van der Waals surface area contributed by atoms with Gasteiger partial charge >= 0.3 is 0 Å². The van der Waals surface area contributed by atoms with Crippen molar-refractivity contribution in [3.8, 4) is 0 Å². The molecule has 1 aliphatic carbocycles. The van der Waals surface area contributed by atoms with Gasteiger partial charge in [0.15, 0.2) is 0 Å². The molecule has 0 spiro atoms. The van der Waals surface area contributed by atoms with Crippen molar-refractivity contribution in [3.05, 3.63) is 16.3 Å². The van der Waals surface area contributed by atoms with Crippen LogP contribution in [0.15, 0.2) is 11.4 Å². The Balaban J connectivity index is 1.78. The summed E-state index contributed by atoms with van der Waals surface area (Å²) in [5, 5.41) is 5.70. The van der Waals surface area contributed by atoms with Crippen molar-refractivity contribution < 1.29 is 0 Å². The molecule has 0 amide bonds. The molecular formula is C13H22N2S. The molecule has 0 unspecified atom stereocenters. The maximum absolute atomic E-state index is 5.87. The fraction of sp³-hybridized carbons (Fsp3) is 0.692. The second-order valence-corrected chi connectivity index (χ2v) is 6.62. The second kappa shape index (κ2) is 4.76. The standard InChI is InChI=1S/C13H22N2S/c1-13(2)6-3-10(4-7-13)15-9-12-11(14)5-8-16-12/h5,8,10,15H,3-4,6-7,9,14H2,1-2H3. The summed E-state index contributed by atoms with van der Waals surface area (Å²) >= 11 is 1.75. The second-order valence-electron chi connectivity index (χ2n) is 5.62. The minimum Gasteiger partial charge on any atom is -0.398 e.